The molecule has 2 aliphatic carbocycles. The fourth-order valence-corrected chi connectivity index (χ4v) is 8.81. The van der Waals surface area contributed by atoms with Crippen LogP contribution < -0.4 is 10.6 Å². The van der Waals surface area contributed by atoms with Crippen molar-refractivity contribution in [1.82, 2.24) is 40.4 Å². The largest absolute Gasteiger partial charge is 0.453 e. The highest BCUT2D eigenvalue weighted by molar-refractivity contribution is 5.87. The molecule has 0 radical (unpaired) electrons. The molecule has 0 bridgehead atoms. The predicted octanol–water partition coefficient (Wildman–Crippen LogP) is 6.74. The average molecular weight is 815 g/mol. The van der Waals surface area contributed by atoms with Crippen molar-refractivity contribution >= 4 is 24.0 Å². The molecule has 14 heteroatoms. The van der Waals surface area contributed by atoms with Gasteiger partial charge in [0.15, 0.2) is 0 Å². The molecule has 314 valence electrons. The van der Waals surface area contributed by atoms with Gasteiger partial charge < -0.3 is 39.9 Å². The van der Waals surface area contributed by atoms with Gasteiger partial charge in [-0.3, -0.25) is 9.59 Å². The number of hydrogen-bond acceptors (Lipinski definition) is 8. The molecule has 4 atom stereocenters. The Bertz CT molecular complexity index is 2150. The van der Waals surface area contributed by atoms with Crippen molar-refractivity contribution in [2.24, 2.45) is 22.7 Å². The van der Waals surface area contributed by atoms with Gasteiger partial charge in [-0.1, -0.05) is 63.8 Å². The van der Waals surface area contributed by atoms with Gasteiger partial charge in [-0.2, -0.15) is 0 Å². The zero-order valence-corrected chi connectivity index (χ0v) is 35.1. The normalized spacial score (nSPS) is 20.5. The van der Waals surface area contributed by atoms with Crippen molar-refractivity contribution in [3.05, 3.63) is 83.7 Å². The summed E-state index contributed by atoms with van der Waals surface area (Å²) >= 11 is 0. The lowest BCUT2D eigenvalue weighted by atomic mass is 10.0. The molecule has 4 N–H and O–H groups in total. The lowest BCUT2D eigenvalue weighted by Gasteiger charge is -2.30. The number of methoxy groups -OCH3 is 2. The number of imidazole rings is 2. The minimum absolute atomic E-state index is 0.106. The van der Waals surface area contributed by atoms with Gasteiger partial charge in [-0.15, -0.1) is 0 Å². The number of H-pyrrole nitrogens is 2. The van der Waals surface area contributed by atoms with E-state index in [9.17, 15) is 19.2 Å². The van der Waals surface area contributed by atoms with E-state index in [0.29, 0.717) is 13.1 Å². The van der Waals surface area contributed by atoms with Crippen LogP contribution in [0.15, 0.2) is 60.9 Å². The topological polar surface area (TPSA) is 175 Å². The molecule has 14 nitrogen and oxygen atoms in total. The molecule has 4 aliphatic rings. The van der Waals surface area contributed by atoms with Crippen LogP contribution in [-0.2, 0) is 19.1 Å². The zero-order valence-electron chi connectivity index (χ0n) is 35.1. The number of aromatic amines is 2. The fourth-order valence-electron chi connectivity index (χ4n) is 8.81. The first-order valence-corrected chi connectivity index (χ1v) is 20.9. The molecule has 4 amide bonds. The molecule has 2 aromatic carbocycles. The highest BCUT2D eigenvalue weighted by atomic mass is 16.5. The van der Waals surface area contributed by atoms with E-state index in [1.807, 2.05) is 98.4 Å². The molecule has 2 saturated carbocycles. The first-order valence-electron chi connectivity index (χ1n) is 20.9. The van der Waals surface area contributed by atoms with Crippen LogP contribution in [-0.4, -0.2) is 93.1 Å². The smallest absolute Gasteiger partial charge is 0.407 e. The molecule has 8 rings (SSSR count). The summed E-state index contributed by atoms with van der Waals surface area (Å²) in [5.41, 5.74) is 5.61. The summed E-state index contributed by atoms with van der Waals surface area (Å²) in [5.74, 6) is 7.59. The summed E-state index contributed by atoms with van der Waals surface area (Å²) in [6, 6.07) is 14.2. The molecular weight excluding hydrogens is 761 g/mol. The standard InChI is InChI=1S/C46H54N8O6/c1-27(2)37(51-43(57)59-5)41(55)53-25-45(17-18-45)21-35(53)39-47-23-33(49-39)31-13-9-29(10-14-31)7-8-30-11-15-32(16-12-30)34-24-48-40(50-34)36-22-46(19-20-46)26-54(36)42(56)38(28(3)4)52-44(58)60-6/h9-16,23-24,27-28,35-38H,17-22,25-26H2,1-6H3,(H,47,49)(H,48,50)(H,51,57)(H,52,58)/t35?,36?,37-,38-/m0/s1. The van der Waals surface area contributed by atoms with Crippen LogP contribution in [0.5, 0.6) is 0 Å². The summed E-state index contributed by atoms with van der Waals surface area (Å²) < 4.78 is 9.61. The first-order chi connectivity index (χ1) is 28.8. The van der Waals surface area contributed by atoms with Gasteiger partial charge in [0, 0.05) is 24.2 Å². The van der Waals surface area contributed by atoms with Gasteiger partial charge in [0.25, 0.3) is 0 Å². The Morgan fingerprint density at radius 2 is 1.02 bits per heavy atom. The van der Waals surface area contributed by atoms with Gasteiger partial charge in [0.2, 0.25) is 11.8 Å². The van der Waals surface area contributed by atoms with Crippen LogP contribution in [0.3, 0.4) is 0 Å². The SMILES string of the molecule is COC(=O)N[C@H](C(=O)N1CC2(CC2)CC1c1ncc(-c2ccc(C#Cc3ccc(-c4cnc(C5CC6(CC6)CN5C(=O)[C@@H](NC(=O)OC)C(C)C)[nH]4)cc3)cc2)[nH]1)C(C)C. The first kappa shape index (κ1) is 40.7. The Hall–Kier alpha value is -6.10. The molecule has 60 heavy (non-hydrogen) atoms. The van der Waals surface area contributed by atoms with Crippen molar-refractivity contribution in [3.63, 3.8) is 0 Å². The third kappa shape index (κ3) is 8.35. The molecule has 4 heterocycles. The summed E-state index contributed by atoms with van der Waals surface area (Å²) in [6.07, 6.45) is 8.40. The number of carbonyl (C=O) groups excluding carboxylic acids is 4. The lowest BCUT2D eigenvalue weighted by Crippen LogP contribution is -2.51. The highest BCUT2D eigenvalue weighted by Crippen LogP contribution is 2.59. The zero-order chi connectivity index (χ0) is 42.3. The van der Waals surface area contributed by atoms with Crippen LogP contribution in [0, 0.1) is 34.5 Å². The maximum atomic E-state index is 13.8. The number of amides is 4. The number of alkyl carbamates (subject to hydrolysis) is 2. The summed E-state index contributed by atoms with van der Waals surface area (Å²) in [5, 5.41) is 5.47. The number of benzene rings is 2. The second kappa shape index (κ2) is 16.2. The van der Waals surface area contributed by atoms with E-state index in [4.69, 9.17) is 19.4 Å². The number of likely N-dealkylation sites (tertiary alicyclic amines) is 2. The van der Waals surface area contributed by atoms with Crippen LogP contribution in [0.4, 0.5) is 9.59 Å². The van der Waals surface area contributed by atoms with Gasteiger partial charge in [-0.05, 0) is 96.6 Å². The fraction of sp³-hybridized carbons (Fsp3) is 0.478. The van der Waals surface area contributed by atoms with Crippen molar-refractivity contribution < 1.29 is 28.7 Å². The van der Waals surface area contributed by atoms with Crippen molar-refractivity contribution in [2.45, 2.75) is 90.4 Å². The monoisotopic (exact) mass is 814 g/mol. The summed E-state index contributed by atoms with van der Waals surface area (Å²) in [6.45, 7) is 8.98. The second-order valence-corrected chi connectivity index (χ2v) is 17.9. The van der Waals surface area contributed by atoms with Crippen LogP contribution >= 0.6 is 0 Å². The maximum absolute atomic E-state index is 13.8. The number of aromatic nitrogens is 4. The molecule has 2 unspecified atom stereocenters. The van der Waals surface area contributed by atoms with E-state index in [1.54, 1.807) is 0 Å². The van der Waals surface area contributed by atoms with Gasteiger partial charge in [0.05, 0.1) is 50.1 Å². The Balaban J connectivity index is 0.915. The quantitative estimate of drug-likeness (QED) is 0.128. The molecule has 4 fully saturated rings. The third-order valence-electron chi connectivity index (χ3n) is 12.8. The van der Waals surface area contributed by atoms with Gasteiger partial charge >= 0.3 is 12.2 Å². The van der Waals surface area contributed by atoms with E-state index in [2.05, 4.69) is 32.4 Å². The van der Waals surface area contributed by atoms with Crippen molar-refractivity contribution in [1.29, 1.82) is 0 Å². The van der Waals surface area contributed by atoms with Crippen molar-refractivity contribution in [3.8, 4) is 34.4 Å². The molecule has 2 aromatic heterocycles. The Kier molecular flexibility index (Phi) is 11.0. The molecule has 2 saturated heterocycles. The van der Waals surface area contributed by atoms with E-state index in [1.165, 1.54) is 14.2 Å². The highest BCUT2D eigenvalue weighted by Gasteiger charge is 2.56. The number of nitrogens with one attached hydrogen (secondary N) is 4. The molecular formula is C46H54N8O6. The number of carbonyl (C=O) groups is 4. The average Bonchev–Trinajstić information content (AvgIpc) is 3.82. The van der Waals surface area contributed by atoms with Crippen LogP contribution in [0.25, 0.3) is 22.5 Å². The van der Waals surface area contributed by atoms with E-state index >= 15 is 0 Å². The van der Waals surface area contributed by atoms with E-state index < -0.39 is 24.3 Å². The summed E-state index contributed by atoms with van der Waals surface area (Å²) in [4.78, 5) is 72.0. The Morgan fingerprint density at radius 1 is 0.650 bits per heavy atom. The number of rotatable bonds is 10. The number of hydrogen-bond donors (Lipinski definition) is 4. The third-order valence-corrected chi connectivity index (χ3v) is 12.8. The minimum atomic E-state index is -0.689. The maximum Gasteiger partial charge on any atom is 0.407 e. The molecule has 2 spiro atoms. The van der Waals surface area contributed by atoms with Crippen LogP contribution in [0.2, 0.25) is 0 Å². The van der Waals surface area contributed by atoms with Gasteiger partial charge in [0.1, 0.15) is 23.7 Å². The number of nitrogens with zero attached hydrogens (tertiary/aromatic N) is 4. The van der Waals surface area contributed by atoms with Crippen molar-refractivity contribution in [2.75, 3.05) is 27.3 Å². The van der Waals surface area contributed by atoms with Gasteiger partial charge in [-0.25, -0.2) is 19.6 Å². The summed E-state index contributed by atoms with van der Waals surface area (Å²) in [7, 11) is 2.60. The number of ether oxygens (including phenoxy) is 2. The lowest BCUT2D eigenvalue weighted by molar-refractivity contribution is -0.136. The molecule has 4 aromatic rings. The Labute approximate surface area is 350 Å². The Morgan fingerprint density at radius 3 is 1.33 bits per heavy atom. The second-order valence-electron chi connectivity index (χ2n) is 17.9. The molecule has 2 aliphatic heterocycles. The minimum Gasteiger partial charge on any atom is -0.453 e. The van der Waals surface area contributed by atoms with Crippen LogP contribution in [0.1, 0.15) is 101 Å². The van der Waals surface area contributed by atoms with E-state index in [0.717, 1.165) is 83.8 Å². The van der Waals surface area contributed by atoms with E-state index in [-0.39, 0.29) is 46.6 Å². The predicted molar refractivity (Wildman–Crippen MR) is 224 cm³/mol.